The predicted octanol–water partition coefficient (Wildman–Crippen LogP) is 3.55. The number of aromatic nitrogens is 4. The van der Waals surface area contributed by atoms with Crippen LogP contribution in [-0.2, 0) is 27.2 Å². The number of aryl methyl sites for hydroxylation is 1. The second kappa shape index (κ2) is 8.81. The molecular formula is C22H27Cl2N5O2. The number of piperidine rings is 1. The first kappa shape index (κ1) is 22.1. The zero-order chi connectivity index (χ0) is 22.3. The maximum atomic E-state index is 13.1. The van der Waals surface area contributed by atoms with E-state index in [0.717, 1.165) is 41.8 Å². The average Bonchev–Trinajstić information content (AvgIpc) is 3.12. The van der Waals surface area contributed by atoms with Crippen LogP contribution in [0.3, 0.4) is 0 Å². The summed E-state index contributed by atoms with van der Waals surface area (Å²) in [7, 11) is 3.13. The summed E-state index contributed by atoms with van der Waals surface area (Å²) >= 11 is 12.9. The van der Waals surface area contributed by atoms with Gasteiger partial charge in [0.15, 0.2) is 11.2 Å². The third-order valence-electron chi connectivity index (χ3n) is 6.37. The molecule has 4 rings (SSSR count). The van der Waals surface area contributed by atoms with Gasteiger partial charge >= 0.3 is 5.69 Å². The topological polar surface area (TPSA) is 65.1 Å². The van der Waals surface area contributed by atoms with Crippen LogP contribution in [0.2, 0.25) is 10.0 Å². The normalized spacial score (nSPS) is 17.5. The van der Waals surface area contributed by atoms with Crippen molar-refractivity contribution in [1.82, 2.24) is 23.6 Å². The van der Waals surface area contributed by atoms with Gasteiger partial charge in [-0.2, -0.15) is 0 Å². The molecule has 1 saturated heterocycles. The van der Waals surface area contributed by atoms with Crippen molar-refractivity contribution < 1.29 is 0 Å². The lowest BCUT2D eigenvalue weighted by atomic mass is 10.00. The lowest BCUT2D eigenvalue weighted by Gasteiger charge is -2.34. The van der Waals surface area contributed by atoms with Crippen LogP contribution >= 0.6 is 23.2 Å². The van der Waals surface area contributed by atoms with Gasteiger partial charge in [-0.1, -0.05) is 42.6 Å². The van der Waals surface area contributed by atoms with Crippen molar-refractivity contribution in [2.45, 2.75) is 51.7 Å². The van der Waals surface area contributed by atoms with Crippen molar-refractivity contribution in [3.8, 4) is 0 Å². The number of hydrogen-bond acceptors (Lipinski definition) is 4. The van der Waals surface area contributed by atoms with Gasteiger partial charge in [0, 0.05) is 35.7 Å². The van der Waals surface area contributed by atoms with Gasteiger partial charge in [-0.25, -0.2) is 9.78 Å². The summed E-state index contributed by atoms with van der Waals surface area (Å²) in [5, 5.41) is 1.07. The van der Waals surface area contributed by atoms with E-state index in [2.05, 4.69) is 11.8 Å². The van der Waals surface area contributed by atoms with E-state index in [0.29, 0.717) is 40.3 Å². The number of nitrogens with zero attached hydrogens (tertiary/aromatic N) is 5. The van der Waals surface area contributed by atoms with Crippen LogP contribution in [0.15, 0.2) is 27.8 Å². The standard InChI is InChI=1S/C22H27Cl2N5O2/c1-4-14-8-5-6-11-28(14)13-18-25-20-19(21(30)27(3)22(31)26(20)2)29(18)12-15-16(23)9-7-10-17(15)24/h7,9-10,14H,4-6,8,11-13H2,1-3H3. The van der Waals surface area contributed by atoms with E-state index in [1.54, 1.807) is 25.2 Å². The first-order valence-electron chi connectivity index (χ1n) is 10.7. The predicted molar refractivity (Wildman–Crippen MR) is 124 cm³/mol. The second-order valence-electron chi connectivity index (χ2n) is 8.22. The first-order valence-corrected chi connectivity index (χ1v) is 11.4. The smallest absolute Gasteiger partial charge is 0.316 e. The molecule has 0 amide bonds. The molecule has 1 fully saturated rings. The van der Waals surface area contributed by atoms with Gasteiger partial charge in [-0.05, 0) is 37.9 Å². The summed E-state index contributed by atoms with van der Waals surface area (Å²) in [4.78, 5) is 32.8. The van der Waals surface area contributed by atoms with Crippen LogP contribution in [0.25, 0.3) is 11.2 Å². The van der Waals surface area contributed by atoms with Crippen LogP contribution in [0.4, 0.5) is 0 Å². The number of imidazole rings is 1. The molecule has 0 saturated carbocycles. The zero-order valence-corrected chi connectivity index (χ0v) is 19.6. The Morgan fingerprint density at radius 3 is 2.45 bits per heavy atom. The second-order valence-corrected chi connectivity index (χ2v) is 9.04. The Bertz CT molecular complexity index is 1220. The molecular weight excluding hydrogens is 437 g/mol. The molecule has 0 aliphatic carbocycles. The largest absolute Gasteiger partial charge is 0.332 e. The van der Waals surface area contributed by atoms with E-state index >= 15 is 0 Å². The van der Waals surface area contributed by atoms with Crippen LogP contribution in [0.5, 0.6) is 0 Å². The minimum absolute atomic E-state index is 0.308. The van der Waals surface area contributed by atoms with E-state index in [1.807, 2.05) is 4.57 Å². The Labute approximate surface area is 190 Å². The van der Waals surface area contributed by atoms with Crippen molar-refractivity contribution in [2.75, 3.05) is 6.54 Å². The third-order valence-corrected chi connectivity index (χ3v) is 7.08. The van der Waals surface area contributed by atoms with Crippen molar-refractivity contribution >= 4 is 34.4 Å². The molecule has 0 bridgehead atoms. The number of fused-ring (bicyclic) bond motifs is 1. The fourth-order valence-electron chi connectivity index (χ4n) is 4.54. The number of benzene rings is 1. The molecule has 1 unspecified atom stereocenters. The maximum Gasteiger partial charge on any atom is 0.332 e. The Morgan fingerprint density at radius 2 is 1.77 bits per heavy atom. The minimum atomic E-state index is -0.395. The third kappa shape index (κ3) is 3.95. The van der Waals surface area contributed by atoms with Gasteiger partial charge in [-0.3, -0.25) is 18.8 Å². The molecule has 9 heteroatoms. The molecule has 31 heavy (non-hydrogen) atoms. The van der Waals surface area contributed by atoms with Crippen LogP contribution in [0, 0.1) is 0 Å². The van der Waals surface area contributed by atoms with Crippen molar-refractivity contribution in [2.24, 2.45) is 14.1 Å². The zero-order valence-electron chi connectivity index (χ0n) is 18.1. The highest BCUT2D eigenvalue weighted by Gasteiger charge is 2.26. The highest BCUT2D eigenvalue weighted by molar-refractivity contribution is 6.36. The Balaban J connectivity index is 1.91. The van der Waals surface area contributed by atoms with Crippen molar-refractivity contribution in [3.05, 3.63) is 60.5 Å². The van der Waals surface area contributed by atoms with Gasteiger partial charge in [0.25, 0.3) is 5.56 Å². The maximum absolute atomic E-state index is 13.1. The molecule has 0 N–H and O–H groups in total. The van der Waals surface area contributed by atoms with Crippen LogP contribution in [0.1, 0.15) is 44.0 Å². The SMILES string of the molecule is CCC1CCCCN1Cc1nc2c(c(=O)n(C)c(=O)n2C)n1Cc1c(Cl)cccc1Cl. The summed E-state index contributed by atoms with van der Waals surface area (Å²) < 4.78 is 4.43. The average molecular weight is 464 g/mol. The van der Waals surface area contributed by atoms with Crippen molar-refractivity contribution in [1.29, 1.82) is 0 Å². The molecule has 7 nitrogen and oxygen atoms in total. The van der Waals surface area contributed by atoms with Crippen LogP contribution in [-0.4, -0.2) is 36.2 Å². The summed E-state index contributed by atoms with van der Waals surface area (Å²) in [6.07, 6.45) is 4.60. The molecule has 3 heterocycles. The summed E-state index contributed by atoms with van der Waals surface area (Å²) in [6.45, 7) is 4.11. The van der Waals surface area contributed by atoms with Gasteiger partial charge in [-0.15, -0.1) is 0 Å². The van der Waals surface area contributed by atoms with Crippen LogP contribution < -0.4 is 11.2 Å². The Morgan fingerprint density at radius 1 is 1.06 bits per heavy atom. The Hall–Kier alpha value is -2.09. The molecule has 1 aliphatic rings. The summed E-state index contributed by atoms with van der Waals surface area (Å²) in [5.74, 6) is 0.740. The van der Waals surface area contributed by atoms with Crippen molar-refractivity contribution in [3.63, 3.8) is 0 Å². The van der Waals surface area contributed by atoms with Gasteiger partial charge in [0.2, 0.25) is 0 Å². The molecule has 1 atom stereocenters. The lowest BCUT2D eigenvalue weighted by molar-refractivity contribution is 0.131. The number of halogens is 2. The highest BCUT2D eigenvalue weighted by Crippen LogP contribution is 2.28. The van der Waals surface area contributed by atoms with Gasteiger partial charge < -0.3 is 4.57 Å². The van der Waals surface area contributed by atoms with E-state index in [9.17, 15) is 9.59 Å². The fraction of sp³-hybridized carbons (Fsp3) is 0.500. The van der Waals surface area contributed by atoms with E-state index < -0.39 is 5.69 Å². The monoisotopic (exact) mass is 463 g/mol. The number of rotatable bonds is 5. The molecule has 1 aliphatic heterocycles. The van der Waals surface area contributed by atoms with E-state index in [-0.39, 0.29) is 5.56 Å². The minimum Gasteiger partial charge on any atom is -0.316 e. The van der Waals surface area contributed by atoms with E-state index in [1.165, 1.54) is 18.0 Å². The lowest BCUT2D eigenvalue weighted by Crippen LogP contribution is -2.39. The molecule has 1 aromatic carbocycles. The Kier molecular flexibility index (Phi) is 6.28. The quantitative estimate of drug-likeness (QED) is 0.580. The molecule has 2 aromatic heterocycles. The number of hydrogen-bond donors (Lipinski definition) is 0. The summed E-state index contributed by atoms with van der Waals surface area (Å²) in [5.41, 5.74) is 0.740. The molecule has 166 valence electrons. The van der Waals surface area contributed by atoms with Gasteiger partial charge in [0.05, 0.1) is 13.1 Å². The first-order chi connectivity index (χ1) is 14.8. The van der Waals surface area contributed by atoms with Gasteiger partial charge in [0.1, 0.15) is 5.82 Å². The molecule has 0 radical (unpaired) electrons. The molecule has 3 aromatic rings. The fourth-order valence-corrected chi connectivity index (χ4v) is 5.05. The molecule has 0 spiro atoms. The van der Waals surface area contributed by atoms with E-state index in [4.69, 9.17) is 28.2 Å². The number of likely N-dealkylation sites (tertiary alicyclic amines) is 1. The highest BCUT2D eigenvalue weighted by atomic mass is 35.5. The summed E-state index contributed by atoms with van der Waals surface area (Å²) in [6, 6.07) is 5.85.